The lowest BCUT2D eigenvalue weighted by Crippen LogP contribution is -2.39. The Balaban J connectivity index is 1.74. The third kappa shape index (κ3) is 2.05. The van der Waals surface area contributed by atoms with Gasteiger partial charge in [-0.05, 0) is 37.8 Å². The number of carbonyl (C=O) groups is 2. The van der Waals surface area contributed by atoms with Crippen LogP contribution in [0.15, 0.2) is 40.7 Å². The summed E-state index contributed by atoms with van der Waals surface area (Å²) < 4.78 is 5.19. The van der Waals surface area contributed by atoms with E-state index >= 15 is 0 Å². The molecule has 2 heterocycles. The van der Waals surface area contributed by atoms with Crippen molar-refractivity contribution in [3.8, 4) is 5.75 Å². The molecule has 1 fully saturated rings. The van der Waals surface area contributed by atoms with Crippen molar-refractivity contribution in [3.63, 3.8) is 0 Å². The van der Waals surface area contributed by atoms with Crippen molar-refractivity contribution in [1.29, 1.82) is 0 Å². The third-order valence-electron chi connectivity index (χ3n) is 4.53. The molecule has 118 valence electrons. The molecule has 1 atom stereocenters. The van der Waals surface area contributed by atoms with Crippen LogP contribution in [-0.2, 0) is 4.79 Å². The lowest BCUT2D eigenvalue weighted by atomic mass is 9.98. The van der Waals surface area contributed by atoms with Crippen molar-refractivity contribution >= 4 is 23.8 Å². The first-order valence-electron chi connectivity index (χ1n) is 7.78. The van der Waals surface area contributed by atoms with Crippen LogP contribution >= 0.6 is 0 Å². The van der Waals surface area contributed by atoms with Gasteiger partial charge >= 0.3 is 6.03 Å². The predicted molar refractivity (Wildman–Crippen MR) is 85.5 cm³/mol. The fourth-order valence-corrected chi connectivity index (χ4v) is 3.40. The van der Waals surface area contributed by atoms with Gasteiger partial charge < -0.3 is 4.74 Å². The molecule has 6 heteroatoms. The summed E-state index contributed by atoms with van der Waals surface area (Å²) in [6, 6.07) is 6.07. The number of rotatable bonds is 2. The minimum atomic E-state index is -0.620. The summed E-state index contributed by atoms with van der Waals surface area (Å²) in [4.78, 5) is 32.9. The molecular weight excluding hydrogens is 294 g/mol. The molecule has 3 amide bonds. The van der Waals surface area contributed by atoms with Crippen LogP contribution in [0.5, 0.6) is 5.75 Å². The van der Waals surface area contributed by atoms with Crippen molar-refractivity contribution in [3.05, 3.63) is 35.7 Å². The molecule has 6 nitrogen and oxygen atoms in total. The molecule has 0 bridgehead atoms. The molecule has 1 saturated heterocycles. The van der Waals surface area contributed by atoms with Gasteiger partial charge in [-0.15, -0.1) is 0 Å². The van der Waals surface area contributed by atoms with Gasteiger partial charge in [-0.2, -0.15) is 0 Å². The zero-order valence-electron chi connectivity index (χ0n) is 12.9. The van der Waals surface area contributed by atoms with E-state index in [1.54, 1.807) is 42.5 Å². The largest absolute Gasteiger partial charge is 0.497 e. The number of fused-ring (bicyclic) bond motifs is 2. The topological polar surface area (TPSA) is 62.2 Å². The van der Waals surface area contributed by atoms with E-state index < -0.39 is 6.04 Å². The normalized spacial score (nSPS) is 23.3. The van der Waals surface area contributed by atoms with Gasteiger partial charge in [0.15, 0.2) is 6.04 Å². The maximum absolute atomic E-state index is 12.9. The van der Waals surface area contributed by atoms with Crippen LogP contribution in [0.4, 0.5) is 10.5 Å². The number of methoxy groups -OCH3 is 1. The van der Waals surface area contributed by atoms with Crippen molar-refractivity contribution in [2.75, 3.05) is 12.0 Å². The molecule has 1 unspecified atom stereocenters. The third-order valence-corrected chi connectivity index (χ3v) is 4.53. The first-order chi connectivity index (χ1) is 11.2. The lowest BCUT2D eigenvalue weighted by Gasteiger charge is -2.30. The summed E-state index contributed by atoms with van der Waals surface area (Å²) in [5, 5.41) is 0. The van der Waals surface area contributed by atoms with Gasteiger partial charge in [0.05, 0.1) is 18.5 Å². The number of amides is 3. The maximum atomic E-state index is 12.9. The second-order valence-electron chi connectivity index (χ2n) is 5.85. The number of allylic oxidation sites excluding steroid dienone is 2. The molecular formula is C17H17N3O3. The number of nitrogens with zero attached hydrogens (tertiary/aromatic N) is 3. The molecule has 2 aliphatic heterocycles. The van der Waals surface area contributed by atoms with Crippen LogP contribution in [0.2, 0.25) is 0 Å². The second kappa shape index (κ2) is 5.22. The van der Waals surface area contributed by atoms with Crippen LogP contribution in [0.1, 0.15) is 25.7 Å². The highest BCUT2D eigenvalue weighted by molar-refractivity contribution is 6.27. The summed E-state index contributed by atoms with van der Waals surface area (Å²) in [6.45, 7) is 0. The average Bonchev–Trinajstić information content (AvgIpc) is 2.86. The van der Waals surface area contributed by atoms with Crippen molar-refractivity contribution < 1.29 is 14.3 Å². The fourth-order valence-electron chi connectivity index (χ4n) is 3.40. The monoisotopic (exact) mass is 311 g/mol. The van der Waals surface area contributed by atoms with Gasteiger partial charge in [-0.25, -0.2) is 9.69 Å². The molecule has 1 aromatic rings. The lowest BCUT2D eigenvalue weighted by molar-refractivity contribution is -0.117. The Kier molecular flexibility index (Phi) is 3.18. The quantitative estimate of drug-likeness (QED) is 0.789. The molecule has 3 aliphatic rings. The summed E-state index contributed by atoms with van der Waals surface area (Å²) in [6.07, 6.45) is 5.38. The summed E-state index contributed by atoms with van der Waals surface area (Å²) in [5.74, 6) is 0.350. The molecule has 0 aromatic heterocycles. The number of benzene rings is 1. The first-order valence-corrected chi connectivity index (χ1v) is 7.78. The van der Waals surface area contributed by atoms with E-state index in [9.17, 15) is 9.59 Å². The van der Waals surface area contributed by atoms with Gasteiger partial charge in [-0.1, -0.05) is 6.07 Å². The standard InChI is InChI=1S/C17H17N3O3/c1-23-12-6-4-5-11(9-12)19-16(21)15-10-18-13-7-2-3-8-14(13)20(15)17(19)22/h4-6,9-10,15H,2-3,7-8H2,1H3. The Bertz CT molecular complexity index is 753. The Morgan fingerprint density at radius 2 is 2.04 bits per heavy atom. The van der Waals surface area contributed by atoms with Gasteiger partial charge in [0.25, 0.3) is 5.91 Å². The minimum Gasteiger partial charge on any atom is -0.497 e. The zero-order valence-corrected chi connectivity index (χ0v) is 12.9. The van der Waals surface area contributed by atoms with Crippen LogP contribution in [0.25, 0.3) is 0 Å². The van der Waals surface area contributed by atoms with Crippen LogP contribution < -0.4 is 9.64 Å². The Hall–Kier alpha value is -2.63. The number of anilines is 1. The van der Waals surface area contributed by atoms with Gasteiger partial charge in [0.2, 0.25) is 0 Å². The molecule has 1 aromatic carbocycles. The molecule has 23 heavy (non-hydrogen) atoms. The molecule has 0 N–H and O–H groups in total. The van der Waals surface area contributed by atoms with E-state index in [1.807, 2.05) is 0 Å². The van der Waals surface area contributed by atoms with Crippen LogP contribution in [0.3, 0.4) is 0 Å². The smallest absolute Gasteiger partial charge is 0.336 e. The van der Waals surface area contributed by atoms with Gasteiger partial charge in [0, 0.05) is 18.0 Å². The number of ether oxygens (including phenoxy) is 1. The van der Waals surface area contributed by atoms with Crippen molar-refractivity contribution in [2.24, 2.45) is 4.99 Å². The van der Waals surface area contributed by atoms with Gasteiger partial charge in [-0.3, -0.25) is 14.7 Å². The first kappa shape index (κ1) is 14.0. The zero-order chi connectivity index (χ0) is 16.0. The van der Waals surface area contributed by atoms with Gasteiger partial charge in [0.1, 0.15) is 5.75 Å². The van der Waals surface area contributed by atoms with Crippen LogP contribution in [-0.4, -0.2) is 36.2 Å². The predicted octanol–water partition coefficient (Wildman–Crippen LogP) is 2.70. The minimum absolute atomic E-state index is 0.260. The second-order valence-corrected chi connectivity index (χ2v) is 5.85. The summed E-state index contributed by atoms with van der Waals surface area (Å²) in [7, 11) is 1.56. The van der Waals surface area contributed by atoms with Crippen LogP contribution in [0, 0.1) is 0 Å². The molecule has 0 saturated carbocycles. The number of hydrogen-bond acceptors (Lipinski definition) is 4. The summed E-state index contributed by atoms with van der Waals surface area (Å²) >= 11 is 0. The molecule has 4 rings (SSSR count). The Morgan fingerprint density at radius 3 is 2.87 bits per heavy atom. The maximum Gasteiger partial charge on any atom is 0.336 e. The number of imide groups is 1. The van der Waals surface area contributed by atoms with E-state index in [2.05, 4.69) is 4.99 Å². The van der Waals surface area contributed by atoms with E-state index in [1.165, 1.54) is 4.90 Å². The highest BCUT2D eigenvalue weighted by Crippen LogP contribution is 2.37. The van der Waals surface area contributed by atoms with E-state index in [0.29, 0.717) is 11.4 Å². The number of aliphatic imine (C=N–C) groups is 1. The number of hydrogen-bond donors (Lipinski definition) is 0. The fraction of sp³-hybridized carbons (Fsp3) is 0.353. The SMILES string of the molecule is COc1cccc(N2C(=O)C3C=NC4=C(CCCC4)N3C2=O)c1. The van der Waals surface area contributed by atoms with E-state index in [-0.39, 0.29) is 11.9 Å². The van der Waals surface area contributed by atoms with E-state index in [0.717, 1.165) is 37.1 Å². The Morgan fingerprint density at radius 1 is 1.22 bits per heavy atom. The Labute approximate surface area is 134 Å². The van der Waals surface area contributed by atoms with Crippen molar-refractivity contribution in [2.45, 2.75) is 31.7 Å². The molecule has 0 radical (unpaired) electrons. The average molecular weight is 311 g/mol. The number of urea groups is 1. The van der Waals surface area contributed by atoms with Crippen molar-refractivity contribution in [1.82, 2.24) is 4.90 Å². The highest BCUT2D eigenvalue weighted by atomic mass is 16.5. The summed E-state index contributed by atoms with van der Waals surface area (Å²) in [5.41, 5.74) is 2.38. The highest BCUT2D eigenvalue weighted by Gasteiger charge is 2.48. The van der Waals surface area contributed by atoms with E-state index in [4.69, 9.17) is 4.74 Å². The molecule has 1 aliphatic carbocycles. The molecule has 0 spiro atoms. The number of carbonyl (C=O) groups excluding carboxylic acids is 2.